The molecule has 0 fully saturated rings. The summed E-state index contributed by atoms with van der Waals surface area (Å²) in [7, 11) is 0. The van der Waals surface area contributed by atoms with Crippen molar-refractivity contribution < 1.29 is 44.2 Å². The third-order valence-corrected chi connectivity index (χ3v) is 6.44. The Kier molecular flexibility index (Phi) is 11.4. The van der Waals surface area contributed by atoms with Gasteiger partial charge in [-0.3, -0.25) is 0 Å². The van der Waals surface area contributed by atoms with Crippen molar-refractivity contribution in [2.75, 3.05) is 6.61 Å². The van der Waals surface area contributed by atoms with Crippen molar-refractivity contribution in [2.24, 2.45) is 0 Å². The second kappa shape index (κ2) is 13.5. The Labute approximate surface area is 228 Å². The number of aromatic nitrogens is 1. The van der Waals surface area contributed by atoms with Crippen LogP contribution in [-0.4, -0.2) is 17.6 Å². The van der Waals surface area contributed by atoms with Gasteiger partial charge in [-0.1, -0.05) is 53.0 Å². The molecule has 4 nitrogen and oxygen atoms in total. The number of nitrogens with zero attached hydrogens (tertiary/aromatic N) is 1. The Balaban J connectivity index is 0.00000363. The molecule has 3 rings (SSSR count). The molecule has 0 spiro atoms. The standard InChI is InChI=1S/C23H18Cl3NO3S.Na/c24-16-6-4-15(5-7-16)12-13-30-21-10-8-17(27-20(21)9-11-22(28)29)14-31-23-18(25)2-1-3-19(23)26;/h1-11H,12-14H2,(H,28,29);/q;+1/p-1/b11-9+;. The summed E-state index contributed by atoms with van der Waals surface area (Å²) in [6, 6.07) is 16.4. The number of rotatable bonds is 9. The average Bonchev–Trinajstić information content (AvgIpc) is 2.74. The molecule has 0 saturated carbocycles. The predicted octanol–water partition coefficient (Wildman–Crippen LogP) is 2.72. The zero-order valence-electron chi connectivity index (χ0n) is 17.2. The average molecular weight is 517 g/mol. The molecule has 160 valence electrons. The molecule has 9 heteroatoms. The van der Waals surface area contributed by atoms with Crippen LogP contribution in [-0.2, 0) is 17.0 Å². The van der Waals surface area contributed by atoms with E-state index in [2.05, 4.69) is 4.98 Å². The van der Waals surface area contributed by atoms with Gasteiger partial charge < -0.3 is 14.6 Å². The number of ether oxygens (including phenoxy) is 1. The van der Waals surface area contributed by atoms with Gasteiger partial charge in [0, 0.05) is 22.1 Å². The van der Waals surface area contributed by atoms with Crippen LogP contribution in [0.25, 0.3) is 6.08 Å². The van der Waals surface area contributed by atoms with Crippen LogP contribution in [0.5, 0.6) is 5.75 Å². The van der Waals surface area contributed by atoms with Gasteiger partial charge >= 0.3 is 29.6 Å². The van der Waals surface area contributed by atoms with Gasteiger partial charge in [0.1, 0.15) is 11.4 Å². The smallest absolute Gasteiger partial charge is 0.545 e. The Morgan fingerprint density at radius 2 is 1.72 bits per heavy atom. The topological polar surface area (TPSA) is 62.2 Å². The number of carboxylic acid groups (broad SMARTS) is 1. The SMILES string of the molecule is O=C([O-])/C=C/c1nc(CSc2c(Cl)cccc2Cl)ccc1OCCc1ccc(Cl)cc1.[Na+]. The maximum Gasteiger partial charge on any atom is 1.00 e. The molecule has 1 aromatic heterocycles. The van der Waals surface area contributed by atoms with Gasteiger partial charge in [-0.2, -0.15) is 0 Å². The van der Waals surface area contributed by atoms with E-state index in [0.717, 1.165) is 22.2 Å². The first-order valence-electron chi connectivity index (χ1n) is 9.25. The van der Waals surface area contributed by atoms with Crippen molar-refractivity contribution in [1.82, 2.24) is 4.98 Å². The Bertz CT molecular complexity index is 1070. The van der Waals surface area contributed by atoms with Crippen LogP contribution in [0.2, 0.25) is 15.1 Å². The number of hydrogen-bond donors (Lipinski definition) is 0. The van der Waals surface area contributed by atoms with Gasteiger partial charge in [0.05, 0.1) is 28.3 Å². The van der Waals surface area contributed by atoms with Crippen molar-refractivity contribution >= 4 is 58.6 Å². The molecule has 32 heavy (non-hydrogen) atoms. The van der Waals surface area contributed by atoms with E-state index in [1.165, 1.54) is 17.8 Å². The van der Waals surface area contributed by atoms with E-state index in [9.17, 15) is 9.90 Å². The number of thioether (sulfide) groups is 1. The molecule has 0 aliphatic rings. The largest absolute Gasteiger partial charge is 1.00 e. The van der Waals surface area contributed by atoms with Crippen molar-refractivity contribution in [3.8, 4) is 5.75 Å². The van der Waals surface area contributed by atoms with Crippen LogP contribution >= 0.6 is 46.6 Å². The molecule has 0 bridgehead atoms. The van der Waals surface area contributed by atoms with Gasteiger partial charge in [-0.25, -0.2) is 4.98 Å². The van der Waals surface area contributed by atoms with Crippen LogP contribution in [0.4, 0.5) is 0 Å². The van der Waals surface area contributed by atoms with E-state index in [1.807, 2.05) is 30.3 Å². The molecule has 0 unspecified atom stereocenters. The minimum Gasteiger partial charge on any atom is -0.545 e. The van der Waals surface area contributed by atoms with Crippen molar-refractivity contribution in [2.45, 2.75) is 17.1 Å². The minimum atomic E-state index is -1.31. The van der Waals surface area contributed by atoms with Crippen LogP contribution in [0, 0.1) is 0 Å². The number of carbonyl (C=O) groups is 1. The van der Waals surface area contributed by atoms with Gasteiger partial charge in [0.25, 0.3) is 0 Å². The number of hydrogen-bond acceptors (Lipinski definition) is 5. The molecule has 0 aliphatic carbocycles. The molecule has 0 N–H and O–H groups in total. The zero-order chi connectivity index (χ0) is 22.2. The molecule has 1 heterocycles. The number of carbonyl (C=O) groups excluding carboxylic acids is 1. The third kappa shape index (κ3) is 8.31. The van der Waals surface area contributed by atoms with E-state index in [-0.39, 0.29) is 29.6 Å². The first-order valence-corrected chi connectivity index (χ1v) is 11.4. The second-order valence-electron chi connectivity index (χ2n) is 6.40. The molecular weight excluding hydrogens is 500 g/mol. The number of carboxylic acids is 1. The van der Waals surface area contributed by atoms with Crippen LogP contribution < -0.4 is 39.4 Å². The van der Waals surface area contributed by atoms with Crippen molar-refractivity contribution in [3.63, 3.8) is 0 Å². The molecule has 3 aromatic rings. The van der Waals surface area contributed by atoms with Crippen LogP contribution in [0.15, 0.2) is 65.6 Å². The summed E-state index contributed by atoms with van der Waals surface area (Å²) in [5.41, 5.74) is 2.21. The number of pyridine rings is 1. The Morgan fingerprint density at radius 3 is 2.38 bits per heavy atom. The molecular formula is C23H17Cl3NNaO3S. The van der Waals surface area contributed by atoms with Crippen molar-refractivity contribution in [3.05, 3.63) is 92.7 Å². The second-order valence-corrected chi connectivity index (χ2v) is 8.64. The van der Waals surface area contributed by atoms with Gasteiger partial charge in [-0.05, 0) is 54.1 Å². The van der Waals surface area contributed by atoms with E-state index in [4.69, 9.17) is 39.5 Å². The Hall–Kier alpha value is -1.18. The summed E-state index contributed by atoms with van der Waals surface area (Å²) >= 11 is 19.8. The van der Waals surface area contributed by atoms with Gasteiger partial charge in [-0.15, -0.1) is 11.8 Å². The number of aliphatic carboxylic acids is 1. The molecule has 0 amide bonds. The monoisotopic (exact) mass is 515 g/mol. The third-order valence-electron chi connectivity index (χ3n) is 4.17. The molecule has 0 radical (unpaired) electrons. The normalized spacial score (nSPS) is 10.7. The molecule has 0 atom stereocenters. The van der Waals surface area contributed by atoms with Gasteiger partial charge in [0.15, 0.2) is 0 Å². The number of halogens is 3. The van der Waals surface area contributed by atoms with Gasteiger partial charge in [0.2, 0.25) is 0 Å². The maximum atomic E-state index is 10.9. The fourth-order valence-corrected chi connectivity index (χ4v) is 4.39. The zero-order valence-corrected chi connectivity index (χ0v) is 22.3. The predicted molar refractivity (Wildman–Crippen MR) is 125 cm³/mol. The van der Waals surface area contributed by atoms with E-state index >= 15 is 0 Å². The quantitative estimate of drug-likeness (QED) is 0.249. The summed E-state index contributed by atoms with van der Waals surface area (Å²) < 4.78 is 5.85. The van der Waals surface area contributed by atoms with Crippen molar-refractivity contribution in [1.29, 1.82) is 0 Å². The Morgan fingerprint density at radius 1 is 1.03 bits per heavy atom. The summed E-state index contributed by atoms with van der Waals surface area (Å²) in [4.78, 5) is 16.2. The summed E-state index contributed by atoms with van der Waals surface area (Å²) in [5, 5.41) is 12.7. The first kappa shape index (κ1) is 27.1. The molecule has 2 aromatic carbocycles. The summed E-state index contributed by atoms with van der Waals surface area (Å²) in [6.45, 7) is 0.402. The first-order chi connectivity index (χ1) is 14.9. The van der Waals surface area contributed by atoms with E-state index in [1.54, 1.807) is 24.3 Å². The summed E-state index contributed by atoms with van der Waals surface area (Å²) in [5.74, 6) is -0.326. The molecule has 0 aliphatic heterocycles. The molecule has 0 saturated heterocycles. The fraction of sp³-hybridized carbons (Fsp3) is 0.130. The van der Waals surface area contributed by atoms with E-state index in [0.29, 0.717) is 45.3 Å². The summed E-state index contributed by atoms with van der Waals surface area (Å²) in [6.07, 6.45) is 2.96. The van der Waals surface area contributed by atoms with E-state index < -0.39 is 5.97 Å². The van der Waals surface area contributed by atoms with Crippen LogP contribution in [0.3, 0.4) is 0 Å². The fourth-order valence-electron chi connectivity index (χ4n) is 2.67. The number of benzene rings is 2. The maximum absolute atomic E-state index is 10.9. The minimum absolute atomic E-state index is 0. The van der Waals surface area contributed by atoms with Crippen LogP contribution in [0.1, 0.15) is 17.0 Å².